The number of ether oxygens (including phenoxy) is 1. The number of carboxylic acids is 1. The molecule has 7 heteroatoms. The van der Waals surface area contributed by atoms with E-state index < -0.39 is 35.0 Å². The van der Waals surface area contributed by atoms with Crippen LogP contribution in [0.25, 0.3) is 0 Å². The van der Waals surface area contributed by atoms with E-state index in [0.29, 0.717) is 0 Å². The molecule has 0 aromatic carbocycles. The number of halogens is 2. The molecule has 2 atom stereocenters. The SMILES string of the molecule is CC(C)(C)OC(=O)N1C[C@@]2(C[C@@H]1C(=O)O)CC2(F)F. The number of alkyl halides is 2. The maximum Gasteiger partial charge on any atom is 0.411 e. The second kappa shape index (κ2) is 3.80. The van der Waals surface area contributed by atoms with Crippen LogP contribution in [0.1, 0.15) is 33.6 Å². The van der Waals surface area contributed by atoms with Crippen LogP contribution in [0, 0.1) is 5.41 Å². The average molecular weight is 277 g/mol. The van der Waals surface area contributed by atoms with Crippen molar-refractivity contribution in [2.24, 2.45) is 5.41 Å². The van der Waals surface area contributed by atoms with Gasteiger partial charge in [0.05, 0.1) is 5.41 Å². The smallest absolute Gasteiger partial charge is 0.411 e. The second-order valence-electron chi connectivity index (χ2n) is 6.33. The number of carbonyl (C=O) groups excluding carboxylic acids is 1. The van der Waals surface area contributed by atoms with Crippen LogP contribution < -0.4 is 0 Å². The van der Waals surface area contributed by atoms with E-state index in [2.05, 4.69) is 0 Å². The molecule has 2 fully saturated rings. The van der Waals surface area contributed by atoms with Gasteiger partial charge >= 0.3 is 12.1 Å². The van der Waals surface area contributed by atoms with E-state index in [-0.39, 0.29) is 19.4 Å². The predicted octanol–water partition coefficient (Wildman–Crippen LogP) is 2.11. The Kier molecular flexibility index (Phi) is 2.80. The van der Waals surface area contributed by atoms with Gasteiger partial charge < -0.3 is 9.84 Å². The maximum absolute atomic E-state index is 13.3. The highest BCUT2D eigenvalue weighted by atomic mass is 19.3. The van der Waals surface area contributed by atoms with Crippen LogP contribution >= 0.6 is 0 Å². The fourth-order valence-electron chi connectivity index (χ4n) is 2.49. The molecule has 0 aromatic heterocycles. The minimum absolute atomic E-state index is 0.214. The van der Waals surface area contributed by atoms with E-state index in [1.54, 1.807) is 20.8 Å². The second-order valence-corrected chi connectivity index (χ2v) is 6.33. The number of hydrogen-bond donors (Lipinski definition) is 1. The lowest BCUT2D eigenvalue weighted by atomic mass is 10.0. The van der Waals surface area contributed by atoms with Crippen LogP contribution in [-0.4, -0.2) is 46.2 Å². The Hall–Kier alpha value is -1.40. The van der Waals surface area contributed by atoms with Gasteiger partial charge in [-0.1, -0.05) is 0 Å². The molecule has 1 amide bonds. The zero-order chi connectivity index (χ0) is 14.6. The lowest BCUT2D eigenvalue weighted by Gasteiger charge is -2.26. The third kappa shape index (κ3) is 2.37. The molecule has 2 aliphatic rings. The summed E-state index contributed by atoms with van der Waals surface area (Å²) < 4.78 is 31.7. The molecule has 2 rings (SSSR count). The number of aliphatic carboxylic acids is 1. The largest absolute Gasteiger partial charge is 0.480 e. The number of hydrogen-bond acceptors (Lipinski definition) is 3. The van der Waals surface area contributed by atoms with Crippen LogP contribution in [-0.2, 0) is 9.53 Å². The standard InChI is InChI=1S/C12H17F2NO4/c1-10(2,3)19-9(18)15-6-11(5-12(11,13)14)4-7(15)8(16)17/h7H,4-6H2,1-3H3,(H,16,17)/t7-,11-/m1/s1. The van der Waals surface area contributed by atoms with Crippen molar-refractivity contribution in [1.29, 1.82) is 0 Å². The Bertz CT molecular complexity index is 432. The summed E-state index contributed by atoms with van der Waals surface area (Å²) in [5, 5.41) is 9.07. The van der Waals surface area contributed by atoms with Crippen LogP contribution in [0.2, 0.25) is 0 Å². The van der Waals surface area contributed by atoms with E-state index in [4.69, 9.17) is 9.84 Å². The molecule has 19 heavy (non-hydrogen) atoms. The van der Waals surface area contributed by atoms with Crippen molar-refractivity contribution in [1.82, 2.24) is 4.90 Å². The average Bonchev–Trinajstić information content (AvgIpc) is 2.55. The Balaban J connectivity index is 2.15. The first-order valence-corrected chi connectivity index (χ1v) is 6.08. The molecule has 1 aliphatic carbocycles. The molecule has 0 unspecified atom stereocenters. The lowest BCUT2D eigenvalue weighted by molar-refractivity contribution is -0.142. The molecule has 1 heterocycles. The number of amides is 1. The van der Waals surface area contributed by atoms with Gasteiger partial charge in [0, 0.05) is 13.0 Å². The molecule has 1 spiro atoms. The van der Waals surface area contributed by atoms with E-state index in [0.717, 1.165) is 4.90 Å². The predicted molar refractivity (Wildman–Crippen MR) is 61.0 cm³/mol. The number of likely N-dealkylation sites (tertiary alicyclic amines) is 1. The van der Waals surface area contributed by atoms with Crippen molar-refractivity contribution in [3.63, 3.8) is 0 Å². The summed E-state index contributed by atoms with van der Waals surface area (Å²) in [5.41, 5.74) is -2.16. The minimum Gasteiger partial charge on any atom is -0.480 e. The van der Waals surface area contributed by atoms with Gasteiger partial charge in [0.1, 0.15) is 11.6 Å². The van der Waals surface area contributed by atoms with E-state index in [1.165, 1.54) is 0 Å². The molecule has 1 aliphatic heterocycles. The first-order valence-electron chi connectivity index (χ1n) is 6.08. The lowest BCUT2D eigenvalue weighted by Crippen LogP contribution is -2.43. The zero-order valence-corrected chi connectivity index (χ0v) is 11.1. The van der Waals surface area contributed by atoms with Crippen LogP contribution in [0.5, 0.6) is 0 Å². The highest BCUT2D eigenvalue weighted by Gasteiger charge is 2.75. The van der Waals surface area contributed by atoms with E-state index in [9.17, 15) is 18.4 Å². The summed E-state index contributed by atoms with van der Waals surface area (Å²) in [6.07, 6.45) is -1.42. The number of carboxylic acid groups (broad SMARTS) is 1. The number of rotatable bonds is 1. The first-order chi connectivity index (χ1) is 8.47. The molecule has 1 N–H and O–H groups in total. The Labute approximate surface area is 109 Å². The van der Waals surface area contributed by atoms with Gasteiger partial charge in [0.2, 0.25) is 0 Å². The van der Waals surface area contributed by atoms with Crippen LogP contribution in [0.15, 0.2) is 0 Å². The summed E-state index contributed by atoms with van der Waals surface area (Å²) in [4.78, 5) is 23.9. The first kappa shape index (κ1) is 14.0. The summed E-state index contributed by atoms with van der Waals surface area (Å²) in [7, 11) is 0. The molecular weight excluding hydrogens is 260 g/mol. The molecule has 1 saturated carbocycles. The van der Waals surface area contributed by atoms with Crippen LogP contribution in [0.3, 0.4) is 0 Å². The number of carbonyl (C=O) groups is 2. The minimum atomic E-state index is -2.88. The molecule has 1 saturated heterocycles. The summed E-state index contributed by atoms with van der Waals surface area (Å²) in [6.45, 7) is 4.65. The molecule has 0 bridgehead atoms. The van der Waals surface area contributed by atoms with Crippen molar-refractivity contribution < 1.29 is 28.2 Å². The third-order valence-corrected chi connectivity index (χ3v) is 3.56. The topological polar surface area (TPSA) is 66.8 Å². The quantitative estimate of drug-likeness (QED) is 0.797. The highest BCUT2D eigenvalue weighted by molar-refractivity contribution is 5.81. The summed E-state index contributed by atoms with van der Waals surface area (Å²) in [6, 6.07) is -1.23. The van der Waals surface area contributed by atoms with Crippen molar-refractivity contribution in [2.45, 2.75) is 51.2 Å². The monoisotopic (exact) mass is 277 g/mol. The van der Waals surface area contributed by atoms with Crippen molar-refractivity contribution >= 4 is 12.1 Å². The normalized spacial score (nSPS) is 32.5. The molecular formula is C12H17F2NO4. The Morgan fingerprint density at radius 1 is 1.37 bits per heavy atom. The van der Waals surface area contributed by atoms with E-state index >= 15 is 0 Å². The summed E-state index contributed by atoms with van der Waals surface area (Å²) >= 11 is 0. The van der Waals surface area contributed by atoms with Gasteiger partial charge in [0.15, 0.2) is 0 Å². The summed E-state index contributed by atoms with van der Waals surface area (Å²) in [5.74, 6) is -4.15. The van der Waals surface area contributed by atoms with Crippen molar-refractivity contribution in [3.05, 3.63) is 0 Å². The third-order valence-electron chi connectivity index (χ3n) is 3.56. The van der Waals surface area contributed by atoms with Gasteiger partial charge in [-0.15, -0.1) is 0 Å². The Morgan fingerprint density at radius 3 is 2.26 bits per heavy atom. The fraction of sp³-hybridized carbons (Fsp3) is 0.833. The van der Waals surface area contributed by atoms with Gasteiger partial charge in [-0.3, -0.25) is 4.90 Å². The highest BCUT2D eigenvalue weighted by Crippen LogP contribution is 2.66. The van der Waals surface area contributed by atoms with Gasteiger partial charge in [-0.2, -0.15) is 0 Å². The number of nitrogens with zero attached hydrogens (tertiary/aromatic N) is 1. The molecule has 108 valence electrons. The van der Waals surface area contributed by atoms with Gasteiger partial charge in [0.25, 0.3) is 5.92 Å². The van der Waals surface area contributed by atoms with Gasteiger partial charge in [-0.25, -0.2) is 18.4 Å². The van der Waals surface area contributed by atoms with Crippen LogP contribution in [0.4, 0.5) is 13.6 Å². The van der Waals surface area contributed by atoms with Crippen molar-refractivity contribution in [3.8, 4) is 0 Å². The van der Waals surface area contributed by atoms with Crippen molar-refractivity contribution in [2.75, 3.05) is 6.54 Å². The van der Waals surface area contributed by atoms with E-state index in [1.807, 2.05) is 0 Å². The fourth-order valence-corrected chi connectivity index (χ4v) is 2.49. The molecule has 0 radical (unpaired) electrons. The van der Waals surface area contributed by atoms with Gasteiger partial charge in [-0.05, 0) is 27.2 Å². The zero-order valence-electron chi connectivity index (χ0n) is 11.1. The maximum atomic E-state index is 13.3. The Morgan fingerprint density at radius 2 is 1.89 bits per heavy atom. The molecule has 5 nitrogen and oxygen atoms in total. The molecule has 0 aromatic rings.